The summed E-state index contributed by atoms with van der Waals surface area (Å²) < 4.78 is 0. The van der Waals surface area contributed by atoms with E-state index < -0.39 is 0 Å². The average Bonchev–Trinajstić information content (AvgIpc) is 2.62. The van der Waals surface area contributed by atoms with Crippen molar-refractivity contribution in [1.29, 1.82) is 0 Å². The largest absolute Gasteiger partial charge is 0.396 e. The van der Waals surface area contributed by atoms with Crippen molar-refractivity contribution in [2.24, 2.45) is 0 Å². The molecule has 0 unspecified atom stereocenters. The van der Waals surface area contributed by atoms with Crippen molar-refractivity contribution in [2.45, 2.75) is 32.6 Å². The number of carbonyl (C=O) groups is 1. The summed E-state index contributed by atoms with van der Waals surface area (Å²) in [6.45, 7) is 2.22. The minimum atomic E-state index is 0.108. The number of Topliss-reactive ketones (excluding diaryl/α,β-unsaturated/α-hetero) is 1. The Labute approximate surface area is 88.6 Å². The molecule has 0 spiro atoms. The number of aliphatic hydroxyl groups is 1. The summed E-state index contributed by atoms with van der Waals surface area (Å²) in [6, 6.07) is 4.11. The van der Waals surface area contributed by atoms with Gasteiger partial charge in [-0.1, -0.05) is 6.92 Å². The smallest absolute Gasteiger partial charge is 0.138 e. The molecule has 0 saturated carbocycles. The number of hydrogen-bond donors (Lipinski definition) is 1. The molecule has 0 aliphatic carbocycles. The van der Waals surface area contributed by atoms with Crippen LogP contribution in [0.2, 0.25) is 0 Å². The lowest BCUT2D eigenvalue weighted by Gasteiger charge is -1.96. The zero-order chi connectivity index (χ0) is 10.4. The van der Waals surface area contributed by atoms with Crippen molar-refractivity contribution in [3.8, 4) is 0 Å². The molecule has 1 rings (SSSR count). The molecule has 3 heteroatoms. The Balaban J connectivity index is 2.39. The van der Waals surface area contributed by atoms with Crippen molar-refractivity contribution in [3.05, 3.63) is 21.9 Å². The van der Waals surface area contributed by atoms with E-state index >= 15 is 0 Å². The Morgan fingerprint density at radius 1 is 1.43 bits per heavy atom. The Morgan fingerprint density at radius 3 is 2.71 bits per heavy atom. The van der Waals surface area contributed by atoms with Crippen LogP contribution in [0.1, 0.15) is 29.5 Å². The Kier molecular flexibility index (Phi) is 4.84. The van der Waals surface area contributed by atoms with Gasteiger partial charge >= 0.3 is 0 Å². The molecule has 0 fully saturated rings. The van der Waals surface area contributed by atoms with Crippen molar-refractivity contribution in [1.82, 2.24) is 0 Å². The van der Waals surface area contributed by atoms with Crippen molar-refractivity contribution >= 4 is 17.1 Å². The second-order valence-corrected chi connectivity index (χ2v) is 4.52. The first-order valence-corrected chi connectivity index (χ1v) is 5.78. The van der Waals surface area contributed by atoms with E-state index in [2.05, 4.69) is 13.0 Å². The van der Waals surface area contributed by atoms with Crippen LogP contribution < -0.4 is 0 Å². The highest BCUT2D eigenvalue weighted by Gasteiger charge is 2.05. The van der Waals surface area contributed by atoms with Gasteiger partial charge in [0.15, 0.2) is 0 Å². The minimum Gasteiger partial charge on any atom is -0.396 e. The highest BCUT2D eigenvalue weighted by Crippen LogP contribution is 2.18. The molecule has 14 heavy (non-hydrogen) atoms. The Bertz CT molecular complexity index is 291. The van der Waals surface area contributed by atoms with Crippen LogP contribution in [0.15, 0.2) is 12.1 Å². The van der Waals surface area contributed by atoms with E-state index in [0.29, 0.717) is 19.3 Å². The van der Waals surface area contributed by atoms with Crippen LogP contribution in [0.25, 0.3) is 0 Å². The molecule has 0 aromatic carbocycles. The van der Waals surface area contributed by atoms with E-state index in [9.17, 15) is 4.79 Å². The van der Waals surface area contributed by atoms with Crippen LogP contribution in [0.4, 0.5) is 0 Å². The van der Waals surface area contributed by atoms with Crippen LogP contribution >= 0.6 is 11.3 Å². The molecule has 0 amide bonds. The van der Waals surface area contributed by atoms with E-state index in [1.54, 1.807) is 11.3 Å². The van der Waals surface area contributed by atoms with Gasteiger partial charge in [0.05, 0.1) is 0 Å². The molecule has 1 aromatic heterocycles. The third-order valence-electron chi connectivity index (χ3n) is 2.05. The Hall–Kier alpha value is -0.670. The SMILES string of the molecule is CCc1ccc(CC(=O)CCCO)s1. The number of thiophene rings is 1. The normalized spacial score (nSPS) is 10.4. The molecule has 2 nitrogen and oxygen atoms in total. The zero-order valence-electron chi connectivity index (χ0n) is 8.45. The minimum absolute atomic E-state index is 0.108. The molecule has 0 atom stereocenters. The number of aliphatic hydroxyl groups excluding tert-OH is 1. The molecular formula is C11H16O2S. The van der Waals surface area contributed by atoms with Gasteiger partial charge in [-0.25, -0.2) is 0 Å². The predicted molar refractivity (Wildman–Crippen MR) is 58.7 cm³/mol. The summed E-state index contributed by atoms with van der Waals surface area (Å²) in [5.41, 5.74) is 0. The Morgan fingerprint density at radius 2 is 2.14 bits per heavy atom. The molecule has 0 aliphatic rings. The maximum Gasteiger partial charge on any atom is 0.138 e. The maximum absolute atomic E-state index is 11.4. The molecule has 0 aliphatic heterocycles. The first-order chi connectivity index (χ1) is 6.76. The topological polar surface area (TPSA) is 37.3 Å². The van der Waals surface area contributed by atoms with Gasteiger partial charge in [0.2, 0.25) is 0 Å². The van der Waals surface area contributed by atoms with Crippen LogP contribution in [0.5, 0.6) is 0 Å². The van der Waals surface area contributed by atoms with Gasteiger partial charge in [-0.15, -0.1) is 11.3 Å². The van der Waals surface area contributed by atoms with Gasteiger partial charge in [0.25, 0.3) is 0 Å². The summed E-state index contributed by atoms with van der Waals surface area (Å²) in [7, 11) is 0. The van der Waals surface area contributed by atoms with Crippen LogP contribution in [-0.2, 0) is 17.6 Å². The third-order valence-corrected chi connectivity index (χ3v) is 3.28. The van der Waals surface area contributed by atoms with Crippen LogP contribution in [0, 0.1) is 0 Å². The molecule has 0 saturated heterocycles. The highest BCUT2D eigenvalue weighted by atomic mass is 32.1. The molecule has 0 radical (unpaired) electrons. The molecule has 1 heterocycles. The molecule has 1 N–H and O–H groups in total. The fraction of sp³-hybridized carbons (Fsp3) is 0.545. The summed E-state index contributed by atoms with van der Waals surface area (Å²) in [6.07, 6.45) is 2.65. The summed E-state index contributed by atoms with van der Waals surface area (Å²) in [5.74, 6) is 0.226. The average molecular weight is 212 g/mol. The van der Waals surface area contributed by atoms with E-state index in [1.165, 1.54) is 4.88 Å². The third kappa shape index (κ3) is 3.60. The summed E-state index contributed by atoms with van der Waals surface area (Å²) >= 11 is 1.71. The monoisotopic (exact) mass is 212 g/mol. The maximum atomic E-state index is 11.4. The van der Waals surface area contributed by atoms with E-state index in [0.717, 1.165) is 11.3 Å². The lowest BCUT2D eigenvalue weighted by Crippen LogP contribution is -2.01. The lowest BCUT2D eigenvalue weighted by atomic mass is 10.1. The standard InChI is InChI=1S/C11H16O2S/c1-2-10-5-6-11(14-10)8-9(13)4-3-7-12/h5-6,12H,2-4,7-8H2,1H3. The first-order valence-electron chi connectivity index (χ1n) is 4.96. The fourth-order valence-electron chi connectivity index (χ4n) is 1.27. The second kappa shape index (κ2) is 5.94. The molecular weight excluding hydrogens is 196 g/mol. The van der Waals surface area contributed by atoms with E-state index in [4.69, 9.17) is 5.11 Å². The van der Waals surface area contributed by atoms with E-state index in [-0.39, 0.29) is 12.4 Å². The lowest BCUT2D eigenvalue weighted by molar-refractivity contribution is -0.118. The highest BCUT2D eigenvalue weighted by molar-refractivity contribution is 7.12. The fourth-order valence-corrected chi connectivity index (χ4v) is 2.25. The van der Waals surface area contributed by atoms with Gasteiger partial charge in [-0.2, -0.15) is 0 Å². The van der Waals surface area contributed by atoms with Gasteiger partial charge in [0, 0.05) is 29.2 Å². The van der Waals surface area contributed by atoms with Crippen molar-refractivity contribution < 1.29 is 9.90 Å². The molecule has 0 bridgehead atoms. The molecule has 78 valence electrons. The van der Waals surface area contributed by atoms with Crippen LogP contribution in [0.3, 0.4) is 0 Å². The van der Waals surface area contributed by atoms with Crippen molar-refractivity contribution in [2.75, 3.05) is 6.61 Å². The second-order valence-electron chi connectivity index (χ2n) is 3.26. The van der Waals surface area contributed by atoms with Crippen molar-refractivity contribution in [3.63, 3.8) is 0 Å². The van der Waals surface area contributed by atoms with E-state index in [1.807, 2.05) is 6.07 Å². The number of rotatable bonds is 6. The van der Waals surface area contributed by atoms with Gasteiger partial charge in [0.1, 0.15) is 5.78 Å². The van der Waals surface area contributed by atoms with Gasteiger partial charge in [-0.3, -0.25) is 4.79 Å². The van der Waals surface area contributed by atoms with Crippen LogP contribution in [-0.4, -0.2) is 17.5 Å². The quantitative estimate of drug-likeness (QED) is 0.785. The summed E-state index contributed by atoms with van der Waals surface area (Å²) in [4.78, 5) is 13.8. The number of aryl methyl sites for hydroxylation is 1. The van der Waals surface area contributed by atoms with Gasteiger partial charge < -0.3 is 5.11 Å². The zero-order valence-corrected chi connectivity index (χ0v) is 9.27. The number of hydrogen-bond acceptors (Lipinski definition) is 3. The number of carbonyl (C=O) groups excluding carboxylic acids is 1. The number of ketones is 1. The predicted octanol–water partition coefficient (Wildman–Crippen LogP) is 2.19. The first kappa shape index (κ1) is 11.4. The van der Waals surface area contributed by atoms with Gasteiger partial charge in [-0.05, 0) is 25.0 Å². The summed E-state index contributed by atoms with van der Waals surface area (Å²) in [5, 5.41) is 8.57. The molecule has 1 aromatic rings.